The molecule has 1 saturated heterocycles. The number of aromatic nitrogens is 2. The van der Waals surface area contributed by atoms with Crippen molar-refractivity contribution in [2.24, 2.45) is 0 Å². The van der Waals surface area contributed by atoms with E-state index in [2.05, 4.69) is 5.32 Å². The molecule has 8 nitrogen and oxygen atoms in total. The maximum absolute atomic E-state index is 12.7. The van der Waals surface area contributed by atoms with Gasteiger partial charge >= 0.3 is 6.09 Å². The molecule has 1 aliphatic rings. The molecule has 180 valence electrons. The fourth-order valence-corrected chi connectivity index (χ4v) is 4.09. The van der Waals surface area contributed by atoms with Gasteiger partial charge in [-0.15, -0.1) is 0 Å². The van der Waals surface area contributed by atoms with E-state index >= 15 is 0 Å². The number of hydrogen-bond acceptors (Lipinski definition) is 7. The summed E-state index contributed by atoms with van der Waals surface area (Å²) in [5, 5.41) is 3.42. The number of nitrogens with zero attached hydrogens (tertiary/aromatic N) is 3. The molecule has 1 aromatic heterocycles. The Morgan fingerprint density at radius 1 is 1.18 bits per heavy atom. The van der Waals surface area contributed by atoms with Crippen LogP contribution in [0.5, 0.6) is 5.75 Å². The van der Waals surface area contributed by atoms with Crippen LogP contribution in [0.2, 0.25) is 0 Å². The summed E-state index contributed by atoms with van der Waals surface area (Å²) >= 11 is 0. The molecule has 0 bridgehead atoms. The predicted molar refractivity (Wildman–Crippen MR) is 125 cm³/mol. The number of likely N-dealkylation sites (tertiary alicyclic amines) is 1. The van der Waals surface area contributed by atoms with Crippen LogP contribution in [-0.4, -0.2) is 73.7 Å². The van der Waals surface area contributed by atoms with Crippen molar-refractivity contribution >= 4 is 11.9 Å². The lowest BCUT2D eigenvalue weighted by atomic mass is 10.0. The zero-order chi connectivity index (χ0) is 24.0. The Balaban J connectivity index is 1.93. The highest BCUT2D eigenvalue weighted by atomic mass is 19.1. The Bertz CT molecular complexity index is 972. The molecule has 2 heterocycles. The average Bonchev–Trinajstić information content (AvgIpc) is 3.24. The number of carbonyl (C=O) groups is 1. The Hall–Kier alpha value is -2.94. The monoisotopic (exact) mass is 460 g/mol. The lowest BCUT2D eigenvalue weighted by molar-refractivity contribution is 0.0443. The minimum absolute atomic E-state index is 0.0277. The number of rotatable bonds is 9. The largest absolute Gasteiger partial charge is 0.497 e. The highest BCUT2D eigenvalue weighted by Gasteiger charge is 2.37. The van der Waals surface area contributed by atoms with E-state index in [9.17, 15) is 9.18 Å². The Kier molecular flexibility index (Phi) is 8.43. The molecular formula is C24H33FN4O4. The third-order valence-corrected chi connectivity index (χ3v) is 5.83. The van der Waals surface area contributed by atoms with E-state index in [0.29, 0.717) is 31.7 Å². The van der Waals surface area contributed by atoms with E-state index in [-0.39, 0.29) is 18.8 Å². The van der Waals surface area contributed by atoms with Crippen LogP contribution in [0.3, 0.4) is 0 Å². The summed E-state index contributed by atoms with van der Waals surface area (Å²) in [7, 11) is 2.99. The maximum atomic E-state index is 12.7. The third kappa shape index (κ3) is 5.52. The van der Waals surface area contributed by atoms with Crippen LogP contribution in [0.25, 0.3) is 11.3 Å². The summed E-state index contributed by atoms with van der Waals surface area (Å²) in [6.07, 6.45) is 0.563. The number of alkyl halides is 1. The Labute approximate surface area is 194 Å². The number of hydrogen-bond donors (Lipinski definition) is 1. The van der Waals surface area contributed by atoms with Gasteiger partial charge in [-0.05, 0) is 43.5 Å². The van der Waals surface area contributed by atoms with Gasteiger partial charge in [0.25, 0.3) is 0 Å². The van der Waals surface area contributed by atoms with E-state index < -0.39 is 12.8 Å². The van der Waals surface area contributed by atoms with Crippen molar-refractivity contribution in [1.29, 1.82) is 0 Å². The van der Waals surface area contributed by atoms with Crippen molar-refractivity contribution in [1.82, 2.24) is 14.9 Å². The number of ether oxygens (including phenoxy) is 3. The molecule has 1 amide bonds. The number of aryl methyl sites for hydroxylation is 3. The molecule has 0 aliphatic carbocycles. The van der Waals surface area contributed by atoms with Crippen molar-refractivity contribution in [3.63, 3.8) is 0 Å². The number of carbonyl (C=O) groups excluding carboxylic acids is 1. The summed E-state index contributed by atoms with van der Waals surface area (Å²) in [6, 6.07) is 5.67. The highest BCUT2D eigenvalue weighted by molar-refractivity contribution is 5.69. The van der Waals surface area contributed by atoms with Crippen molar-refractivity contribution in [2.45, 2.75) is 45.8 Å². The summed E-state index contributed by atoms with van der Waals surface area (Å²) in [6.45, 7) is 6.18. The van der Waals surface area contributed by atoms with E-state index in [1.807, 2.05) is 39.0 Å². The van der Waals surface area contributed by atoms with Gasteiger partial charge in [-0.25, -0.2) is 19.2 Å². The van der Waals surface area contributed by atoms with Gasteiger partial charge in [0.05, 0.1) is 56.6 Å². The van der Waals surface area contributed by atoms with Crippen molar-refractivity contribution in [3.05, 3.63) is 35.2 Å². The Morgan fingerprint density at radius 3 is 2.55 bits per heavy atom. The molecule has 33 heavy (non-hydrogen) atoms. The maximum Gasteiger partial charge on any atom is 0.409 e. The molecule has 1 aliphatic heterocycles. The molecular weight excluding hydrogens is 427 g/mol. The van der Waals surface area contributed by atoms with Gasteiger partial charge in [0.2, 0.25) is 0 Å². The molecule has 0 saturated carbocycles. The number of anilines is 1. The lowest BCUT2D eigenvalue weighted by Crippen LogP contribution is -2.36. The average molecular weight is 461 g/mol. The summed E-state index contributed by atoms with van der Waals surface area (Å²) in [5.74, 6) is 1.46. The standard InChI is InChI=1S/C24H33FN4O4/c1-6-18-22(17-9-8-16(31-4)12-15(17)3)26-19(7-2)23(27-18)28-20-13-29(24(30)32-5)14-21(20)33-11-10-25/h8-9,12,20-21H,6-7,10-11,13-14H2,1-5H3,(H,27,28)/t20-,21+/m1/s1. The zero-order valence-electron chi connectivity index (χ0n) is 20.0. The first-order valence-electron chi connectivity index (χ1n) is 11.3. The first kappa shape index (κ1) is 24.7. The fourth-order valence-electron chi connectivity index (χ4n) is 4.09. The quantitative estimate of drug-likeness (QED) is 0.609. The fraction of sp³-hybridized carbons (Fsp3) is 0.542. The minimum Gasteiger partial charge on any atom is -0.497 e. The molecule has 2 atom stereocenters. The molecule has 0 spiro atoms. The van der Waals surface area contributed by atoms with Gasteiger partial charge in [-0.1, -0.05) is 13.8 Å². The Morgan fingerprint density at radius 2 is 1.94 bits per heavy atom. The van der Waals surface area contributed by atoms with E-state index in [1.54, 1.807) is 12.0 Å². The molecule has 0 unspecified atom stereocenters. The normalized spacial score (nSPS) is 17.8. The van der Waals surface area contributed by atoms with Crippen LogP contribution >= 0.6 is 0 Å². The number of benzene rings is 1. The number of nitrogens with one attached hydrogen (secondary N) is 1. The minimum atomic E-state index is -0.586. The van der Waals surface area contributed by atoms with Crippen LogP contribution in [0.1, 0.15) is 30.8 Å². The second-order valence-corrected chi connectivity index (χ2v) is 7.93. The van der Waals surface area contributed by atoms with Gasteiger partial charge < -0.3 is 24.4 Å². The van der Waals surface area contributed by atoms with Crippen molar-refractivity contribution in [2.75, 3.05) is 45.9 Å². The summed E-state index contributed by atoms with van der Waals surface area (Å²) in [4.78, 5) is 23.5. The van der Waals surface area contributed by atoms with Crippen molar-refractivity contribution in [3.8, 4) is 17.0 Å². The topological polar surface area (TPSA) is 85.8 Å². The van der Waals surface area contributed by atoms with Crippen LogP contribution in [0.15, 0.2) is 18.2 Å². The molecule has 0 radical (unpaired) electrons. The SMILES string of the molecule is CCc1nc(-c2ccc(OC)cc2C)c(CC)nc1N[C@@H]1CN(C(=O)OC)C[C@@H]1OCCF. The molecule has 1 fully saturated rings. The number of methoxy groups -OCH3 is 2. The lowest BCUT2D eigenvalue weighted by Gasteiger charge is -2.22. The predicted octanol–water partition coefficient (Wildman–Crippen LogP) is 3.80. The van der Waals surface area contributed by atoms with Gasteiger partial charge in [-0.2, -0.15) is 0 Å². The van der Waals surface area contributed by atoms with Gasteiger partial charge in [0.1, 0.15) is 18.2 Å². The second-order valence-electron chi connectivity index (χ2n) is 7.93. The van der Waals surface area contributed by atoms with Crippen LogP contribution in [0, 0.1) is 6.92 Å². The smallest absolute Gasteiger partial charge is 0.409 e. The van der Waals surface area contributed by atoms with Crippen LogP contribution in [0.4, 0.5) is 15.0 Å². The molecule has 2 aromatic rings. The molecule has 1 N–H and O–H groups in total. The van der Waals surface area contributed by atoms with Crippen LogP contribution in [-0.2, 0) is 22.3 Å². The number of amides is 1. The number of halogens is 1. The molecule has 9 heteroatoms. The van der Waals surface area contributed by atoms with E-state index in [4.69, 9.17) is 24.2 Å². The van der Waals surface area contributed by atoms with E-state index in [0.717, 1.165) is 34.0 Å². The van der Waals surface area contributed by atoms with Crippen molar-refractivity contribution < 1.29 is 23.4 Å². The molecule has 1 aromatic carbocycles. The van der Waals surface area contributed by atoms with Gasteiger partial charge in [0, 0.05) is 12.1 Å². The first-order valence-corrected chi connectivity index (χ1v) is 11.3. The van der Waals surface area contributed by atoms with Crippen LogP contribution < -0.4 is 10.1 Å². The third-order valence-electron chi connectivity index (χ3n) is 5.83. The summed E-state index contributed by atoms with van der Waals surface area (Å²) < 4.78 is 28.6. The first-order chi connectivity index (χ1) is 15.9. The van der Waals surface area contributed by atoms with E-state index in [1.165, 1.54) is 7.11 Å². The second kappa shape index (κ2) is 11.3. The highest BCUT2D eigenvalue weighted by Crippen LogP contribution is 2.30. The molecule has 3 rings (SSSR count). The van der Waals surface area contributed by atoms with Gasteiger partial charge in [-0.3, -0.25) is 0 Å². The van der Waals surface area contributed by atoms with Gasteiger partial charge in [0.15, 0.2) is 0 Å². The zero-order valence-corrected chi connectivity index (χ0v) is 20.0. The summed E-state index contributed by atoms with van der Waals surface area (Å²) in [5.41, 5.74) is 4.62.